The van der Waals surface area contributed by atoms with E-state index >= 15 is 0 Å². The van der Waals surface area contributed by atoms with Gasteiger partial charge in [0.2, 0.25) is 0 Å². The van der Waals surface area contributed by atoms with Crippen LogP contribution in [0.15, 0.2) is 0 Å². The zero-order valence-corrected chi connectivity index (χ0v) is 11.9. The van der Waals surface area contributed by atoms with Crippen molar-refractivity contribution in [3.63, 3.8) is 0 Å². The van der Waals surface area contributed by atoms with Crippen LogP contribution < -0.4 is 5.73 Å². The van der Waals surface area contributed by atoms with Gasteiger partial charge < -0.3 is 15.6 Å². The SMILES string of the molecule is CCCCC[C@@H](SC[C@@H](N)C(=O)O)C(=O)OCC. The van der Waals surface area contributed by atoms with E-state index in [0.29, 0.717) is 13.0 Å². The van der Waals surface area contributed by atoms with Crippen molar-refractivity contribution in [2.24, 2.45) is 5.73 Å². The quantitative estimate of drug-likeness (QED) is 0.466. The highest BCUT2D eigenvalue weighted by molar-refractivity contribution is 8.00. The summed E-state index contributed by atoms with van der Waals surface area (Å²) in [6, 6.07) is -0.932. The van der Waals surface area contributed by atoms with Crippen LogP contribution in [0.2, 0.25) is 0 Å². The molecule has 0 rings (SSSR count). The van der Waals surface area contributed by atoms with Crippen molar-refractivity contribution in [1.82, 2.24) is 0 Å². The second kappa shape index (κ2) is 10.2. The average Bonchev–Trinajstić information content (AvgIpc) is 2.33. The molecule has 0 radical (unpaired) electrons. The third-order valence-corrected chi connectivity index (χ3v) is 3.80. The summed E-state index contributed by atoms with van der Waals surface area (Å²) in [6.45, 7) is 4.19. The lowest BCUT2D eigenvalue weighted by atomic mass is 10.1. The van der Waals surface area contributed by atoms with E-state index in [-0.39, 0.29) is 17.0 Å². The molecule has 0 bridgehead atoms. The van der Waals surface area contributed by atoms with E-state index in [1.165, 1.54) is 11.8 Å². The molecule has 6 heteroatoms. The molecule has 3 N–H and O–H groups in total. The first-order valence-electron chi connectivity index (χ1n) is 6.29. The minimum atomic E-state index is -1.04. The lowest BCUT2D eigenvalue weighted by molar-refractivity contribution is -0.142. The van der Waals surface area contributed by atoms with Crippen molar-refractivity contribution in [3.05, 3.63) is 0 Å². The molecule has 0 aromatic rings. The molecule has 0 aromatic carbocycles. The fourth-order valence-electron chi connectivity index (χ4n) is 1.38. The number of ether oxygens (including phenoxy) is 1. The standard InChI is InChI=1S/C12H23NO4S/c1-3-5-6-7-10(12(16)17-4-2)18-8-9(13)11(14)15/h9-10H,3-8,13H2,1-2H3,(H,14,15)/t9-,10-/m1/s1. The second-order valence-electron chi connectivity index (χ2n) is 4.01. The van der Waals surface area contributed by atoms with Crippen LogP contribution in [0, 0.1) is 0 Å². The first-order valence-corrected chi connectivity index (χ1v) is 7.34. The van der Waals surface area contributed by atoms with Crippen LogP contribution >= 0.6 is 11.8 Å². The van der Waals surface area contributed by atoms with E-state index in [1.807, 2.05) is 0 Å². The topological polar surface area (TPSA) is 89.6 Å². The number of carbonyl (C=O) groups is 2. The van der Waals surface area contributed by atoms with E-state index in [2.05, 4.69) is 6.92 Å². The van der Waals surface area contributed by atoms with Crippen molar-refractivity contribution < 1.29 is 19.4 Å². The molecule has 0 unspecified atom stereocenters. The molecule has 0 spiro atoms. The van der Waals surface area contributed by atoms with Crippen molar-refractivity contribution in [1.29, 1.82) is 0 Å². The molecule has 0 aromatic heterocycles. The summed E-state index contributed by atoms with van der Waals surface area (Å²) in [4.78, 5) is 22.3. The normalized spacial score (nSPS) is 13.9. The molecule has 106 valence electrons. The van der Waals surface area contributed by atoms with Crippen LogP contribution in [0.4, 0.5) is 0 Å². The van der Waals surface area contributed by atoms with Crippen molar-refractivity contribution >= 4 is 23.7 Å². The van der Waals surface area contributed by atoms with E-state index in [4.69, 9.17) is 15.6 Å². The van der Waals surface area contributed by atoms with Gasteiger partial charge in [-0.05, 0) is 13.3 Å². The average molecular weight is 277 g/mol. The minimum absolute atomic E-state index is 0.227. The van der Waals surface area contributed by atoms with Crippen LogP contribution in [0.25, 0.3) is 0 Å². The Morgan fingerprint density at radius 3 is 2.50 bits per heavy atom. The van der Waals surface area contributed by atoms with E-state index < -0.39 is 12.0 Å². The summed E-state index contributed by atoms with van der Waals surface area (Å²) in [5.41, 5.74) is 5.42. The lowest BCUT2D eigenvalue weighted by Crippen LogP contribution is -2.34. The number of unbranched alkanes of at least 4 members (excludes halogenated alkanes) is 2. The van der Waals surface area contributed by atoms with E-state index in [0.717, 1.165) is 19.3 Å². The first kappa shape index (κ1) is 17.2. The number of carboxylic acids is 1. The number of carboxylic acid groups (broad SMARTS) is 1. The molecule has 0 aliphatic heterocycles. The molecule has 5 nitrogen and oxygen atoms in total. The van der Waals surface area contributed by atoms with E-state index in [9.17, 15) is 9.59 Å². The predicted octanol–water partition coefficient (Wildman–Crippen LogP) is 1.64. The van der Waals surface area contributed by atoms with Gasteiger partial charge in [-0.2, -0.15) is 0 Å². The summed E-state index contributed by atoms with van der Waals surface area (Å²) in [7, 11) is 0. The third kappa shape index (κ3) is 7.55. The molecule has 18 heavy (non-hydrogen) atoms. The van der Waals surface area contributed by atoms with E-state index in [1.54, 1.807) is 6.92 Å². The highest BCUT2D eigenvalue weighted by Crippen LogP contribution is 2.20. The van der Waals surface area contributed by atoms with Crippen LogP contribution in [-0.4, -0.2) is 40.7 Å². The van der Waals surface area contributed by atoms with Crippen LogP contribution in [-0.2, 0) is 14.3 Å². The monoisotopic (exact) mass is 277 g/mol. The molecule has 0 aliphatic rings. The van der Waals surface area contributed by atoms with Gasteiger partial charge in [0.15, 0.2) is 0 Å². The molecule has 0 aliphatic carbocycles. The number of hydrogen-bond acceptors (Lipinski definition) is 5. The molecular formula is C12H23NO4S. The maximum absolute atomic E-state index is 11.7. The number of hydrogen-bond donors (Lipinski definition) is 2. The Kier molecular flexibility index (Phi) is 9.77. The van der Waals surface area contributed by atoms with Crippen LogP contribution in [0.5, 0.6) is 0 Å². The summed E-state index contributed by atoms with van der Waals surface area (Å²) < 4.78 is 4.98. The zero-order valence-electron chi connectivity index (χ0n) is 11.1. The predicted molar refractivity (Wildman–Crippen MR) is 72.6 cm³/mol. The maximum atomic E-state index is 11.7. The number of aliphatic carboxylic acids is 1. The Morgan fingerprint density at radius 1 is 1.33 bits per heavy atom. The number of esters is 1. The number of nitrogens with two attached hydrogens (primary N) is 1. The van der Waals surface area contributed by atoms with Gasteiger partial charge in [-0.3, -0.25) is 9.59 Å². The van der Waals surface area contributed by atoms with Gasteiger partial charge in [0, 0.05) is 5.75 Å². The smallest absolute Gasteiger partial charge is 0.321 e. The zero-order chi connectivity index (χ0) is 14.0. The molecule has 0 fully saturated rings. The maximum Gasteiger partial charge on any atom is 0.321 e. The summed E-state index contributed by atoms with van der Waals surface area (Å²) in [5.74, 6) is -1.08. The van der Waals surface area contributed by atoms with Crippen LogP contribution in [0.1, 0.15) is 39.5 Å². The van der Waals surface area contributed by atoms with Crippen LogP contribution in [0.3, 0.4) is 0 Å². The Bertz CT molecular complexity index is 260. The van der Waals surface area contributed by atoms with Gasteiger partial charge in [0.25, 0.3) is 0 Å². The Labute approximate surface area is 112 Å². The number of carbonyl (C=O) groups excluding carboxylic acids is 1. The third-order valence-electron chi connectivity index (χ3n) is 2.41. The molecule has 0 saturated heterocycles. The molecular weight excluding hydrogens is 254 g/mol. The lowest BCUT2D eigenvalue weighted by Gasteiger charge is -2.16. The largest absolute Gasteiger partial charge is 0.480 e. The number of thioether (sulfide) groups is 1. The van der Waals surface area contributed by atoms with Gasteiger partial charge in [-0.15, -0.1) is 11.8 Å². The highest BCUT2D eigenvalue weighted by Gasteiger charge is 2.22. The van der Waals surface area contributed by atoms with Gasteiger partial charge in [0.05, 0.1) is 6.61 Å². The fraction of sp³-hybridized carbons (Fsp3) is 0.833. The Balaban J connectivity index is 4.19. The van der Waals surface area contributed by atoms with Gasteiger partial charge in [0.1, 0.15) is 11.3 Å². The molecule has 2 atom stereocenters. The Morgan fingerprint density at radius 2 is 2.00 bits per heavy atom. The van der Waals surface area contributed by atoms with Crippen molar-refractivity contribution in [2.75, 3.05) is 12.4 Å². The summed E-state index contributed by atoms with van der Waals surface area (Å²) in [5, 5.41) is 8.39. The van der Waals surface area contributed by atoms with Crippen molar-refractivity contribution in [2.45, 2.75) is 50.8 Å². The number of rotatable bonds is 10. The first-order chi connectivity index (χ1) is 8.52. The summed E-state index contributed by atoms with van der Waals surface area (Å²) >= 11 is 1.28. The van der Waals surface area contributed by atoms with Gasteiger partial charge in [-0.25, -0.2) is 0 Å². The van der Waals surface area contributed by atoms with Gasteiger partial charge >= 0.3 is 11.9 Å². The molecule has 0 saturated carbocycles. The minimum Gasteiger partial charge on any atom is -0.480 e. The summed E-state index contributed by atoms with van der Waals surface area (Å²) in [6.07, 6.45) is 3.79. The fourth-order valence-corrected chi connectivity index (χ4v) is 2.49. The molecule has 0 amide bonds. The van der Waals surface area contributed by atoms with Crippen molar-refractivity contribution in [3.8, 4) is 0 Å². The Hall–Kier alpha value is -0.750. The molecule has 0 heterocycles. The highest BCUT2D eigenvalue weighted by atomic mass is 32.2. The van der Waals surface area contributed by atoms with Gasteiger partial charge in [-0.1, -0.05) is 26.2 Å². The second-order valence-corrected chi connectivity index (χ2v) is 5.25.